The fourth-order valence-electron chi connectivity index (χ4n) is 2.18. The Labute approximate surface area is 142 Å². The number of ether oxygens (including phenoxy) is 3. The Balaban J connectivity index is 1.82. The van der Waals surface area contributed by atoms with Crippen molar-refractivity contribution in [1.82, 2.24) is 0 Å². The second kappa shape index (κ2) is 6.48. The van der Waals surface area contributed by atoms with Crippen molar-refractivity contribution in [3.8, 4) is 17.2 Å². The van der Waals surface area contributed by atoms with Crippen LogP contribution < -0.4 is 14.2 Å². The van der Waals surface area contributed by atoms with Gasteiger partial charge in [-0.1, -0.05) is 0 Å². The summed E-state index contributed by atoms with van der Waals surface area (Å²) in [6, 6.07) is 11.5. The fourth-order valence-corrected chi connectivity index (χ4v) is 2.67. The number of hydrogen-bond donors (Lipinski definition) is 0. The molecule has 0 aliphatic rings. The van der Waals surface area contributed by atoms with Crippen LogP contribution >= 0.6 is 22.6 Å². The molecular weight excluding hydrogens is 395 g/mol. The highest BCUT2D eigenvalue weighted by atomic mass is 127. The van der Waals surface area contributed by atoms with Crippen molar-refractivity contribution >= 4 is 33.6 Å². The van der Waals surface area contributed by atoms with Crippen molar-refractivity contribution in [2.75, 3.05) is 14.2 Å². The van der Waals surface area contributed by atoms with E-state index in [1.165, 1.54) is 0 Å². The molecule has 3 aromatic rings. The number of benzene rings is 2. The van der Waals surface area contributed by atoms with E-state index >= 15 is 0 Å². The Morgan fingerprint density at radius 1 is 1.00 bits per heavy atom. The van der Waals surface area contributed by atoms with E-state index in [1.54, 1.807) is 20.5 Å². The molecule has 0 aliphatic carbocycles. The Morgan fingerprint density at radius 3 is 2.50 bits per heavy atom. The van der Waals surface area contributed by atoms with Gasteiger partial charge in [0.15, 0.2) is 0 Å². The van der Waals surface area contributed by atoms with Gasteiger partial charge in [0.05, 0.1) is 24.1 Å². The van der Waals surface area contributed by atoms with E-state index in [0.29, 0.717) is 6.61 Å². The first-order chi connectivity index (χ1) is 10.7. The van der Waals surface area contributed by atoms with Gasteiger partial charge in [0, 0.05) is 23.1 Å². The molecule has 0 atom stereocenters. The molecule has 0 N–H and O–H groups in total. The summed E-state index contributed by atoms with van der Waals surface area (Å²) >= 11 is 2.24. The minimum atomic E-state index is 0.433. The third-order valence-electron chi connectivity index (χ3n) is 3.38. The SMILES string of the molecule is COc1ccc(I)c(OCc2coc3cc(OC)ccc23)c1. The van der Waals surface area contributed by atoms with Gasteiger partial charge in [0.25, 0.3) is 0 Å². The Morgan fingerprint density at radius 2 is 1.73 bits per heavy atom. The van der Waals surface area contributed by atoms with Crippen molar-refractivity contribution in [2.24, 2.45) is 0 Å². The topological polar surface area (TPSA) is 40.8 Å². The van der Waals surface area contributed by atoms with Crippen LogP contribution in [-0.2, 0) is 6.61 Å². The molecule has 3 rings (SSSR count). The molecule has 2 aromatic carbocycles. The maximum Gasteiger partial charge on any atom is 0.137 e. The van der Waals surface area contributed by atoms with Crippen LogP contribution in [-0.4, -0.2) is 14.2 Å². The second-order valence-corrected chi connectivity index (χ2v) is 5.87. The average Bonchev–Trinajstić information content (AvgIpc) is 2.96. The van der Waals surface area contributed by atoms with Crippen LogP contribution in [0.1, 0.15) is 5.56 Å². The molecule has 0 aliphatic heterocycles. The molecule has 22 heavy (non-hydrogen) atoms. The first-order valence-corrected chi connectivity index (χ1v) is 7.79. The lowest BCUT2D eigenvalue weighted by Crippen LogP contribution is -1.97. The van der Waals surface area contributed by atoms with Crippen LogP contribution in [0.4, 0.5) is 0 Å². The summed E-state index contributed by atoms with van der Waals surface area (Å²) in [6.45, 7) is 0.433. The quantitative estimate of drug-likeness (QED) is 0.575. The Kier molecular flexibility index (Phi) is 4.42. The molecule has 1 aromatic heterocycles. The predicted molar refractivity (Wildman–Crippen MR) is 92.8 cm³/mol. The summed E-state index contributed by atoms with van der Waals surface area (Å²) in [7, 11) is 3.28. The van der Waals surface area contributed by atoms with Crippen molar-refractivity contribution < 1.29 is 18.6 Å². The van der Waals surface area contributed by atoms with Crippen molar-refractivity contribution in [1.29, 1.82) is 0 Å². The summed E-state index contributed by atoms with van der Waals surface area (Å²) < 4.78 is 22.9. The van der Waals surface area contributed by atoms with E-state index < -0.39 is 0 Å². The van der Waals surface area contributed by atoms with Gasteiger partial charge in [-0.05, 0) is 46.9 Å². The van der Waals surface area contributed by atoms with E-state index in [1.807, 2.05) is 36.4 Å². The lowest BCUT2D eigenvalue weighted by Gasteiger charge is -2.09. The van der Waals surface area contributed by atoms with Gasteiger partial charge in [-0.15, -0.1) is 0 Å². The standard InChI is InChI=1S/C17H15IO4/c1-19-12-3-5-14-11(9-21-16(14)7-12)10-22-17-8-13(20-2)4-6-15(17)18/h3-9H,10H2,1-2H3. The van der Waals surface area contributed by atoms with Gasteiger partial charge in [-0.2, -0.15) is 0 Å². The normalized spacial score (nSPS) is 10.7. The summed E-state index contributed by atoms with van der Waals surface area (Å²) in [5.41, 5.74) is 1.79. The first kappa shape index (κ1) is 15.0. The lowest BCUT2D eigenvalue weighted by molar-refractivity contribution is 0.301. The summed E-state index contributed by atoms with van der Waals surface area (Å²) in [4.78, 5) is 0. The van der Waals surface area contributed by atoms with E-state index in [0.717, 1.165) is 37.4 Å². The summed E-state index contributed by atoms with van der Waals surface area (Å²) in [5, 5.41) is 1.03. The van der Waals surface area contributed by atoms with Crippen LogP contribution in [0.3, 0.4) is 0 Å². The predicted octanol–water partition coefficient (Wildman–Crippen LogP) is 4.63. The molecule has 0 unspecified atom stereocenters. The maximum atomic E-state index is 5.91. The van der Waals surface area contributed by atoms with Gasteiger partial charge >= 0.3 is 0 Å². The number of rotatable bonds is 5. The molecule has 0 amide bonds. The van der Waals surface area contributed by atoms with Crippen LogP contribution in [0.2, 0.25) is 0 Å². The van der Waals surface area contributed by atoms with E-state index in [2.05, 4.69) is 22.6 Å². The molecule has 1 heterocycles. The van der Waals surface area contributed by atoms with Gasteiger partial charge < -0.3 is 18.6 Å². The van der Waals surface area contributed by atoms with Gasteiger partial charge in [0.2, 0.25) is 0 Å². The molecule has 0 saturated carbocycles. The Hall–Kier alpha value is -1.89. The van der Waals surface area contributed by atoms with E-state index in [4.69, 9.17) is 18.6 Å². The zero-order valence-electron chi connectivity index (χ0n) is 12.3. The monoisotopic (exact) mass is 410 g/mol. The molecule has 0 fully saturated rings. The number of fused-ring (bicyclic) bond motifs is 1. The molecule has 4 nitrogen and oxygen atoms in total. The lowest BCUT2D eigenvalue weighted by atomic mass is 10.2. The van der Waals surface area contributed by atoms with E-state index in [-0.39, 0.29) is 0 Å². The minimum absolute atomic E-state index is 0.433. The third kappa shape index (κ3) is 2.99. The number of halogens is 1. The molecule has 0 radical (unpaired) electrons. The molecular formula is C17H15IO4. The zero-order valence-corrected chi connectivity index (χ0v) is 14.4. The molecule has 0 bridgehead atoms. The van der Waals surface area contributed by atoms with Crippen molar-refractivity contribution in [2.45, 2.75) is 6.61 Å². The van der Waals surface area contributed by atoms with Gasteiger partial charge in [0.1, 0.15) is 29.4 Å². The second-order valence-electron chi connectivity index (χ2n) is 4.71. The number of methoxy groups -OCH3 is 2. The zero-order chi connectivity index (χ0) is 15.5. The number of furan rings is 1. The Bertz CT molecular complexity index is 794. The fraction of sp³-hybridized carbons (Fsp3) is 0.176. The van der Waals surface area contributed by atoms with Crippen molar-refractivity contribution in [3.63, 3.8) is 0 Å². The smallest absolute Gasteiger partial charge is 0.137 e. The van der Waals surface area contributed by atoms with Crippen LogP contribution in [0.15, 0.2) is 47.1 Å². The van der Waals surface area contributed by atoms with Crippen molar-refractivity contribution in [3.05, 3.63) is 51.8 Å². The average molecular weight is 410 g/mol. The highest BCUT2D eigenvalue weighted by molar-refractivity contribution is 14.1. The highest BCUT2D eigenvalue weighted by Crippen LogP contribution is 2.29. The van der Waals surface area contributed by atoms with Gasteiger partial charge in [-0.3, -0.25) is 0 Å². The number of hydrogen-bond acceptors (Lipinski definition) is 4. The minimum Gasteiger partial charge on any atom is -0.497 e. The highest BCUT2D eigenvalue weighted by Gasteiger charge is 2.09. The molecule has 0 spiro atoms. The van der Waals surface area contributed by atoms with Gasteiger partial charge in [-0.25, -0.2) is 0 Å². The van der Waals surface area contributed by atoms with Crippen LogP contribution in [0.5, 0.6) is 17.2 Å². The molecule has 0 saturated heterocycles. The summed E-state index contributed by atoms with van der Waals surface area (Å²) in [5.74, 6) is 2.34. The van der Waals surface area contributed by atoms with Crippen LogP contribution in [0.25, 0.3) is 11.0 Å². The first-order valence-electron chi connectivity index (χ1n) is 6.71. The molecule has 5 heteroatoms. The maximum absolute atomic E-state index is 5.91. The van der Waals surface area contributed by atoms with E-state index in [9.17, 15) is 0 Å². The molecule has 114 valence electrons. The summed E-state index contributed by atoms with van der Waals surface area (Å²) in [6.07, 6.45) is 1.72. The van der Waals surface area contributed by atoms with Crippen LogP contribution in [0, 0.1) is 3.57 Å². The third-order valence-corrected chi connectivity index (χ3v) is 4.28. The largest absolute Gasteiger partial charge is 0.497 e.